The molecule has 1 aromatic heterocycles. The summed E-state index contributed by atoms with van der Waals surface area (Å²) in [5, 5.41) is 9.89. The number of aliphatic hydroxyl groups is 1. The molecule has 0 amide bonds. The summed E-state index contributed by atoms with van der Waals surface area (Å²) in [7, 11) is 0. The molecule has 0 bridgehead atoms. The second-order valence-electron chi connectivity index (χ2n) is 4.70. The molecule has 0 spiro atoms. The minimum atomic E-state index is -0.197. The second kappa shape index (κ2) is 2.86. The van der Waals surface area contributed by atoms with Gasteiger partial charge in [0.2, 0.25) is 0 Å². The number of hydrogen-bond donors (Lipinski definition) is 1. The average molecular weight is 191 g/mol. The van der Waals surface area contributed by atoms with Gasteiger partial charge in [0.25, 0.3) is 0 Å². The fraction of sp³-hybridized carbons (Fsp3) is 0.667. The van der Waals surface area contributed by atoms with E-state index in [4.69, 9.17) is 0 Å². The van der Waals surface area contributed by atoms with Gasteiger partial charge in [-0.25, -0.2) is 0 Å². The van der Waals surface area contributed by atoms with E-state index in [0.717, 1.165) is 25.3 Å². The molecule has 14 heavy (non-hydrogen) atoms. The van der Waals surface area contributed by atoms with E-state index in [1.165, 1.54) is 29.8 Å². The summed E-state index contributed by atoms with van der Waals surface area (Å²) in [6.45, 7) is 2.17. The molecule has 76 valence electrons. The van der Waals surface area contributed by atoms with E-state index >= 15 is 0 Å². The number of hydrogen-bond acceptors (Lipinski definition) is 1. The van der Waals surface area contributed by atoms with E-state index in [2.05, 4.69) is 17.6 Å². The van der Waals surface area contributed by atoms with Crippen LogP contribution in [-0.2, 0) is 6.42 Å². The summed E-state index contributed by atoms with van der Waals surface area (Å²) in [5.74, 6) is 0. The number of aryl methyl sites for hydroxylation is 1. The van der Waals surface area contributed by atoms with Crippen molar-refractivity contribution in [3.8, 4) is 0 Å². The van der Waals surface area contributed by atoms with Crippen LogP contribution in [0.4, 0.5) is 0 Å². The zero-order valence-corrected chi connectivity index (χ0v) is 8.66. The molecule has 2 nitrogen and oxygen atoms in total. The molecule has 1 fully saturated rings. The smallest absolute Gasteiger partial charge is 0.0807 e. The number of nitrogens with zero attached hydrogens (tertiary/aromatic N) is 1. The molecule has 1 atom stereocenters. The van der Waals surface area contributed by atoms with E-state index in [1.807, 2.05) is 0 Å². The SMILES string of the molecule is Cc1cc2c(n1C1CC1)CCCC2O. The third-order valence-corrected chi connectivity index (χ3v) is 3.53. The molecule has 0 aliphatic heterocycles. The minimum absolute atomic E-state index is 0.197. The van der Waals surface area contributed by atoms with Crippen LogP contribution >= 0.6 is 0 Å². The first-order chi connectivity index (χ1) is 6.77. The van der Waals surface area contributed by atoms with Crippen LogP contribution in [0.15, 0.2) is 6.07 Å². The first-order valence-electron chi connectivity index (χ1n) is 5.66. The van der Waals surface area contributed by atoms with Crippen molar-refractivity contribution in [1.29, 1.82) is 0 Å². The van der Waals surface area contributed by atoms with E-state index < -0.39 is 0 Å². The number of fused-ring (bicyclic) bond motifs is 1. The molecule has 0 saturated heterocycles. The summed E-state index contributed by atoms with van der Waals surface area (Å²) in [6.07, 6.45) is 5.72. The summed E-state index contributed by atoms with van der Waals surface area (Å²) in [6, 6.07) is 2.95. The van der Waals surface area contributed by atoms with Gasteiger partial charge >= 0.3 is 0 Å². The van der Waals surface area contributed by atoms with Gasteiger partial charge in [-0.15, -0.1) is 0 Å². The lowest BCUT2D eigenvalue weighted by atomic mass is 9.95. The van der Waals surface area contributed by atoms with E-state index in [9.17, 15) is 5.11 Å². The summed E-state index contributed by atoms with van der Waals surface area (Å²) >= 11 is 0. The molecule has 0 radical (unpaired) electrons. The Bertz CT molecular complexity index is 363. The Morgan fingerprint density at radius 2 is 2.14 bits per heavy atom. The van der Waals surface area contributed by atoms with E-state index in [1.54, 1.807) is 0 Å². The van der Waals surface area contributed by atoms with Crippen LogP contribution in [0.25, 0.3) is 0 Å². The van der Waals surface area contributed by atoms with Crippen molar-refractivity contribution in [3.63, 3.8) is 0 Å². The lowest BCUT2D eigenvalue weighted by Crippen LogP contribution is -2.11. The molecule has 1 aromatic rings. The summed E-state index contributed by atoms with van der Waals surface area (Å²) in [5.41, 5.74) is 3.97. The van der Waals surface area contributed by atoms with Crippen molar-refractivity contribution in [3.05, 3.63) is 23.0 Å². The summed E-state index contributed by atoms with van der Waals surface area (Å²) in [4.78, 5) is 0. The van der Waals surface area contributed by atoms with Crippen molar-refractivity contribution >= 4 is 0 Å². The van der Waals surface area contributed by atoms with Gasteiger partial charge in [-0.2, -0.15) is 0 Å². The first-order valence-corrected chi connectivity index (χ1v) is 5.66. The molecule has 0 aromatic carbocycles. The molecule has 2 heteroatoms. The molecule has 1 saturated carbocycles. The standard InChI is InChI=1S/C12H17NO/c1-8-7-10-11(3-2-4-12(10)14)13(8)9-5-6-9/h7,9,12,14H,2-6H2,1H3. The largest absolute Gasteiger partial charge is 0.388 e. The molecule has 1 N–H and O–H groups in total. The van der Waals surface area contributed by atoms with Gasteiger partial charge in [-0.1, -0.05) is 0 Å². The highest BCUT2D eigenvalue weighted by Gasteiger charge is 2.31. The van der Waals surface area contributed by atoms with Crippen LogP contribution in [0, 0.1) is 6.92 Å². The molecule has 1 heterocycles. The topological polar surface area (TPSA) is 25.2 Å². The zero-order valence-electron chi connectivity index (χ0n) is 8.66. The third-order valence-electron chi connectivity index (χ3n) is 3.53. The van der Waals surface area contributed by atoms with Gasteiger partial charge in [0.05, 0.1) is 6.10 Å². The molecular weight excluding hydrogens is 174 g/mol. The maximum absolute atomic E-state index is 9.89. The van der Waals surface area contributed by atoms with Crippen molar-refractivity contribution in [1.82, 2.24) is 4.57 Å². The van der Waals surface area contributed by atoms with Crippen molar-refractivity contribution in [2.45, 2.75) is 51.2 Å². The van der Waals surface area contributed by atoms with Crippen LogP contribution in [-0.4, -0.2) is 9.67 Å². The fourth-order valence-electron chi connectivity index (χ4n) is 2.74. The first kappa shape index (κ1) is 8.54. The Morgan fingerprint density at radius 3 is 2.86 bits per heavy atom. The Hall–Kier alpha value is -0.760. The number of rotatable bonds is 1. The van der Waals surface area contributed by atoms with Crippen molar-refractivity contribution in [2.75, 3.05) is 0 Å². The highest BCUT2D eigenvalue weighted by atomic mass is 16.3. The predicted molar refractivity (Wildman–Crippen MR) is 55.3 cm³/mol. The maximum atomic E-state index is 9.89. The normalized spacial score (nSPS) is 26.3. The van der Waals surface area contributed by atoms with Gasteiger partial charge in [-0.3, -0.25) is 0 Å². The Balaban J connectivity index is 2.11. The average Bonchev–Trinajstić information content (AvgIpc) is 2.91. The quantitative estimate of drug-likeness (QED) is 0.725. The molecular formula is C12H17NO. The summed E-state index contributed by atoms with van der Waals surface area (Å²) < 4.78 is 2.47. The highest BCUT2D eigenvalue weighted by Crippen LogP contribution is 2.42. The van der Waals surface area contributed by atoms with Gasteiger partial charge in [0, 0.05) is 23.0 Å². The monoisotopic (exact) mass is 191 g/mol. The Morgan fingerprint density at radius 1 is 1.36 bits per heavy atom. The molecule has 2 aliphatic rings. The van der Waals surface area contributed by atoms with Crippen molar-refractivity contribution < 1.29 is 5.11 Å². The minimum Gasteiger partial charge on any atom is -0.388 e. The number of aromatic nitrogens is 1. The van der Waals surface area contributed by atoms with Crippen LogP contribution in [0.2, 0.25) is 0 Å². The highest BCUT2D eigenvalue weighted by molar-refractivity contribution is 5.33. The molecule has 1 unspecified atom stereocenters. The Labute approximate surface area is 84.6 Å². The fourth-order valence-corrected chi connectivity index (χ4v) is 2.74. The van der Waals surface area contributed by atoms with Gasteiger partial charge in [0.15, 0.2) is 0 Å². The molecule has 3 rings (SSSR count). The van der Waals surface area contributed by atoms with E-state index in [-0.39, 0.29) is 6.10 Å². The number of aliphatic hydroxyl groups excluding tert-OH is 1. The lowest BCUT2D eigenvalue weighted by Gasteiger charge is -2.20. The Kier molecular flexibility index (Phi) is 1.75. The van der Waals surface area contributed by atoms with Crippen LogP contribution < -0.4 is 0 Å². The van der Waals surface area contributed by atoms with Crippen LogP contribution in [0.3, 0.4) is 0 Å². The maximum Gasteiger partial charge on any atom is 0.0807 e. The van der Waals surface area contributed by atoms with Gasteiger partial charge in [-0.05, 0) is 45.1 Å². The predicted octanol–water partition coefficient (Wildman–Crippen LogP) is 2.50. The van der Waals surface area contributed by atoms with Crippen molar-refractivity contribution in [2.24, 2.45) is 0 Å². The second-order valence-corrected chi connectivity index (χ2v) is 4.70. The van der Waals surface area contributed by atoms with Gasteiger partial charge < -0.3 is 9.67 Å². The van der Waals surface area contributed by atoms with Gasteiger partial charge in [0.1, 0.15) is 0 Å². The zero-order chi connectivity index (χ0) is 9.71. The van der Waals surface area contributed by atoms with E-state index in [0.29, 0.717) is 0 Å². The third kappa shape index (κ3) is 1.13. The molecule has 2 aliphatic carbocycles. The lowest BCUT2D eigenvalue weighted by molar-refractivity contribution is 0.155. The van der Waals surface area contributed by atoms with Crippen LogP contribution in [0.5, 0.6) is 0 Å². The van der Waals surface area contributed by atoms with Crippen LogP contribution in [0.1, 0.15) is 54.8 Å².